The van der Waals surface area contributed by atoms with E-state index in [1.165, 1.54) is 23.1 Å². The van der Waals surface area contributed by atoms with Crippen LogP contribution in [0.15, 0.2) is 66.7 Å². The fourth-order valence-electron chi connectivity index (χ4n) is 2.98. The molecule has 2 aromatic carbocycles. The maximum atomic E-state index is 9.37. The van der Waals surface area contributed by atoms with Crippen molar-refractivity contribution in [1.82, 2.24) is 4.90 Å². The number of benzene rings is 2. The molecule has 1 N–H and O–H groups in total. The summed E-state index contributed by atoms with van der Waals surface area (Å²) in [7, 11) is 0. The first kappa shape index (κ1) is 18.4. The molecule has 3 rings (SSSR count). The third kappa shape index (κ3) is 5.33. The highest BCUT2D eigenvalue weighted by Crippen LogP contribution is 2.22. The highest BCUT2D eigenvalue weighted by atomic mass is 16.3. The normalized spacial score (nSPS) is 17.7. The number of nitrogens with zero attached hydrogens (tertiary/aromatic N) is 1. The number of hydrogen-bond donors (Lipinski definition) is 1. The lowest BCUT2D eigenvalue weighted by molar-refractivity contribution is 0.153. The molecular formula is C22H29NO. The van der Waals surface area contributed by atoms with Gasteiger partial charge in [0, 0.05) is 12.6 Å². The first-order valence-electron chi connectivity index (χ1n) is 8.85. The van der Waals surface area contributed by atoms with Gasteiger partial charge in [-0.2, -0.15) is 0 Å². The van der Waals surface area contributed by atoms with Crippen molar-refractivity contribution in [2.24, 2.45) is 0 Å². The fraction of sp³-hybridized carbons (Fsp3) is 0.364. The van der Waals surface area contributed by atoms with Gasteiger partial charge in [-0.05, 0) is 49.9 Å². The minimum atomic E-state index is 0.280. The summed E-state index contributed by atoms with van der Waals surface area (Å²) >= 11 is 0. The fourth-order valence-corrected chi connectivity index (χ4v) is 2.98. The lowest BCUT2D eigenvalue weighted by atomic mass is 10.0. The molecule has 0 saturated carbocycles. The van der Waals surface area contributed by atoms with Gasteiger partial charge in [0.25, 0.3) is 0 Å². The molecule has 1 fully saturated rings. The van der Waals surface area contributed by atoms with Crippen LogP contribution in [0.2, 0.25) is 0 Å². The maximum absolute atomic E-state index is 9.37. The van der Waals surface area contributed by atoms with Crippen LogP contribution >= 0.6 is 0 Å². The zero-order chi connectivity index (χ0) is 17.2. The number of aliphatic hydroxyl groups is 1. The van der Waals surface area contributed by atoms with Crippen LogP contribution in [-0.2, 0) is 6.54 Å². The first-order valence-corrected chi connectivity index (χ1v) is 8.85. The molecule has 2 aromatic rings. The van der Waals surface area contributed by atoms with Crippen molar-refractivity contribution < 1.29 is 5.11 Å². The third-order valence-corrected chi connectivity index (χ3v) is 4.49. The number of likely N-dealkylation sites (tertiary alicyclic amines) is 1. The molecule has 1 aliphatic heterocycles. The second-order valence-corrected chi connectivity index (χ2v) is 6.18. The van der Waals surface area contributed by atoms with E-state index in [2.05, 4.69) is 53.4 Å². The van der Waals surface area contributed by atoms with Crippen molar-refractivity contribution in [2.45, 2.75) is 39.3 Å². The van der Waals surface area contributed by atoms with E-state index in [9.17, 15) is 5.11 Å². The van der Waals surface area contributed by atoms with Gasteiger partial charge in [-0.25, -0.2) is 0 Å². The molecule has 2 nitrogen and oxygen atoms in total. The molecule has 0 aliphatic carbocycles. The highest BCUT2D eigenvalue weighted by Gasteiger charge is 2.23. The lowest BCUT2D eigenvalue weighted by Gasteiger charge is -2.22. The van der Waals surface area contributed by atoms with Crippen molar-refractivity contribution in [3.8, 4) is 11.1 Å². The van der Waals surface area contributed by atoms with Crippen LogP contribution < -0.4 is 0 Å². The topological polar surface area (TPSA) is 23.5 Å². The summed E-state index contributed by atoms with van der Waals surface area (Å²) in [5, 5.41) is 9.37. The predicted octanol–water partition coefficient (Wildman–Crippen LogP) is 4.89. The summed E-state index contributed by atoms with van der Waals surface area (Å²) in [5.41, 5.74) is 3.84. The van der Waals surface area contributed by atoms with Gasteiger partial charge in [-0.3, -0.25) is 4.90 Å². The van der Waals surface area contributed by atoms with Crippen LogP contribution in [0.1, 0.15) is 32.3 Å². The molecule has 1 unspecified atom stereocenters. The molecule has 2 heteroatoms. The highest BCUT2D eigenvalue weighted by molar-refractivity contribution is 5.63. The minimum absolute atomic E-state index is 0.280. The second kappa shape index (κ2) is 10.1. The van der Waals surface area contributed by atoms with E-state index < -0.39 is 0 Å². The average Bonchev–Trinajstić information content (AvgIpc) is 3.10. The predicted molar refractivity (Wildman–Crippen MR) is 103 cm³/mol. The number of rotatable bonds is 4. The molecule has 24 heavy (non-hydrogen) atoms. The van der Waals surface area contributed by atoms with Gasteiger partial charge in [0.15, 0.2) is 0 Å². The number of aliphatic hydroxyl groups excluding tert-OH is 1. The van der Waals surface area contributed by atoms with Crippen LogP contribution in [0.5, 0.6) is 0 Å². The van der Waals surface area contributed by atoms with E-state index in [0.29, 0.717) is 6.04 Å². The van der Waals surface area contributed by atoms with Crippen molar-refractivity contribution in [2.75, 3.05) is 13.2 Å². The van der Waals surface area contributed by atoms with Crippen LogP contribution in [0.25, 0.3) is 11.1 Å². The Labute approximate surface area is 146 Å². The molecule has 1 atom stereocenters. The molecule has 0 radical (unpaired) electrons. The molecular weight excluding hydrogens is 294 g/mol. The monoisotopic (exact) mass is 323 g/mol. The van der Waals surface area contributed by atoms with Crippen LogP contribution in [0, 0.1) is 0 Å². The van der Waals surface area contributed by atoms with Gasteiger partial charge in [-0.15, -0.1) is 0 Å². The van der Waals surface area contributed by atoms with Crippen molar-refractivity contribution in [3.63, 3.8) is 0 Å². The van der Waals surface area contributed by atoms with E-state index in [-0.39, 0.29) is 6.61 Å². The van der Waals surface area contributed by atoms with E-state index in [1.54, 1.807) is 0 Å². The second-order valence-electron chi connectivity index (χ2n) is 6.18. The Kier molecular flexibility index (Phi) is 7.73. The third-order valence-electron chi connectivity index (χ3n) is 4.49. The average molecular weight is 323 g/mol. The quantitative estimate of drug-likeness (QED) is 0.810. The smallest absolute Gasteiger partial charge is 0.0587 e. The molecule has 0 amide bonds. The van der Waals surface area contributed by atoms with Crippen LogP contribution in [0.4, 0.5) is 0 Å². The Balaban J connectivity index is 0.000000471. The summed E-state index contributed by atoms with van der Waals surface area (Å²) in [6.07, 6.45) is 6.33. The number of hydrogen-bond acceptors (Lipinski definition) is 2. The molecule has 128 valence electrons. The Hall–Kier alpha value is -1.90. The summed E-state index contributed by atoms with van der Waals surface area (Å²) in [6.45, 7) is 6.33. The molecule has 0 aromatic heterocycles. The van der Waals surface area contributed by atoms with Crippen molar-refractivity contribution in [3.05, 3.63) is 72.3 Å². The van der Waals surface area contributed by atoms with Crippen molar-refractivity contribution >= 4 is 0 Å². The summed E-state index contributed by atoms with van der Waals surface area (Å²) in [6, 6.07) is 19.6. The molecule has 1 aliphatic rings. The van der Waals surface area contributed by atoms with Gasteiger partial charge in [0.2, 0.25) is 0 Å². The summed E-state index contributed by atoms with van der Waals surface area (Å²) < 4.78 is 0. The van der Waals surface area contributed by atoms with Crippen molar-refractivity contribution in [1.29, 1.82) is 0 Å². The lowest BCUT2D eigenvalue weighted by Crippen LogP contribution is -2.31. The largest absolute Gasteiger partial charge is 0.395 e. The van der Waals surface area contributed by atoms with E-state index >= 15 is 0 Å². The summed E-state index contributed by atoms with van der Waals surface area (Å²) in [5.74, 6) is 0. The molecule has 1 saturated heterocycles. The SMILES string of the molecule is C/C=C\C.OCC1CCCN1Cc1ccc(-c2ccccc2)cc1. The first-order chi connectivity index (χ1) is 11.8. The zero-order valence-electron chi connectivity index (χ0n) is 14.9. The Morgan fingerprint density at radius 1 is 0.958 bits per heavy atom. The van der Waals surface area contributed by atoms with Gasteiger partial charge in [-0.1, -0.05) is 66.7 Å². The molecule has 0 bridgehead atoms. The van der Waals surface area contributed by atoms with E-state index in [4.69, 9.17) is 0 Å². The Morgan fingerprint density at radius 2 is 1.58 bits per heavy atom. The van der Waals surface area contributed by atoms with Gasteiger partial charge >= 0.3 is 0 Å². The van der Waals surface area contributed by atoms with Gasteiger partial charge in [0.1, 0.15) is 0 Å². The van der Waals surface area contributed by atoms with Gasteiger partial charge < -0.3 is 5.11 Å². The molecule has 0 spiro atoms. The number of allylic oxidation sites excluding steroid dienone is 2. The maximum Gasteiger partial charge on any atom is 0.0587 e. The van der Waals surface area contributed by atoms with Crippen LogP contribution in [-0.4, -0.2) is 29.2 Å². The molecule has 1 heterocycles. The standard InChI is InChI=1S/C18H21NO.C4H8/c20-14-18-7-4-12-19(18)13-15-8-10-17(11-9-15)16-5-2-1-3-6-16;1-3-4-2/h1-3,5-6,8-11,18,20H,4,7,12-14H2;3-4H,1-2H3/b;4-3-. The zero-order valence-corrected chi connectivity index (χ0v) is 14.9. The Bertz CT molecular complexity index is 600. The minimum Gasteiger partial charge on any atom is -0.395 e. The van der Waals surface area contributed by atoms with E-state index in [1.807, 2.05) is 32.1 Å². The van der Waals surface area contributed by atoms with Gasteiger partial charge in [0.05, 0.1) is 6.61 Å². The van der Waals surface area contributed by atoms with E-state index in [0.717, 1.165) is 19.5 Å². The van der Waals surface area contributed by atoms with Crippen LogP contribution in [0.3, 0.4) is 0 Å². The summed E-state index contributed by atoms with van der Waals surface area (Å²) in [4.78, 5) is 2.39. The Morgan fingerprint density at radius 3 is 2.17 bits per heavy atom.